The van der Waals surface area contributed by atoms with Gasteiger partial charge >= 0.3 is 0 Å². The lowest BCUT2D eigenvalue weighted by atomic mass is 9.81. The van der Waals surface area contributed by atoms with Crippen molar-refractivity contribution in [1.29, 1.82) is 0 Å². The van der Waals surface area contributed by atoms with Gasteiger partial charge in [-0.05, 0) is 37.5 Å². The van der Waals surface area contributed by atoms with E-state index >= 15 is 0 Å². The zero-order chi connectivity index (χ0) is 15.5. The molecule has 0 aliphatic heterocycles. The predicted octanol–water partition coefficient (Wildman–Crippen LogP) is 2.81. The van der Waals surface area contributed by atoms with Crippen LogP contribution in [0.15, 0.2) is 6.20 Å². The van der Waals surface area contributed by atoms with Crippen molar-refractivity contribution in [3.8, 4) is 5.75 Å². The molecule has 0 spiro atoms. The summed E-state index contributed by atoms with van der Waals surface area (Å²) in [5, 5.41) is 6.51. The van der Waals surface area contributed by atoms with Gasteiger partial charge in [0.1, 0.15) is 0 Å². The Hall–Kier alpha value is -1.66. The highest BCUT2D eigenvalue weighted by Gasteiger charge is 2.31. The van der Waals surface area contributed by atoms with Crippen molar-refractivity contribution < 1.29 is 13.5 Å². The lowest BCUT2D eigenvalue weighted by Crippen LogP contribution is -2.38. The molecule has 2 aliphatic carbocycles. The molecule has 1 aromatic heterocycles. The topological polar surface area (TPSA) is 59.1 Å². The standard InChI is InChI=1S/C15H22F2N4O/c1-22-13-8-18-15(20-12-4-10(5-12)7-17)21-14(13)19-11-2-9(3-11)6-16/h8-12H,2-7H2,1H3,(H2,18,19,20,21). The van der Waals surface area contributed by atoms with E-state index < -0.39 is 0 Å². The van der Waals surface area contributed by atoms with Gasteiger partial charge in [0.05, 0.1) is 26.7 Å². The Balaban J connectivity index is 1.60. The number of halogens is 2. The van der Waals surface area contributed by atoms with Gasteiger partial charge in [0, 0.05) is 12.1 Å². The normalized spacial score (nSPS) is 30.1. The molecule has 0 bridgehead atoms. The van der Waals surface area contributed by atoms with Gasteiger partial charge in [-0.1, -0.05) is 0 Å². The van der Waals surface area contributed by atoms with Crippen LogP contribution < -0.4 is 15.4 Å². The first kappa shape index (κ1) is 15.2. The Kier molecular flexibility index (Phi) is 4.59. The first-order valence-corrected chi connectivity index (χ1v) is 7.77. The molecule has 0 atom stereocenters. The fourth-order valence-corrected chi connectivity index (χ4v) is 3.03. The molecule has 0 aromatic carbocycles. The van der Waals surface area contributed by atoms with Crippen LogP contribution in [0.2, 0.25) is 0 Å². The summed E-state index contributed by atoms with van der Waals surface area (Å²) in [6.45, 7) is -0.519. The number of aromatic nitrogens is 2. The molecule has 22 heavy (non-hydrogen) atoms. The van der Waals surface area contributed by atoms with Gasteiger partial charge in [0.25, 0.3) is 0 Å². The Morgan fingerprint density at radius 2 is 1.68 bits per heavy atom. The maximum absolute atomic E-state index is 12.5. The molecule has 5 nitrogen and oxygen atoms in total. The molecule has 2 aliphatic rings. The Morgan fingerprint density at radius 3 is 2.23 bits per heavy atom. The van der Waals surface area contributed by atoms with E-state index in [1.54, 1.807) is 13.3 Å². The first-order valence-electron chi connectivity index (χ1n) is 7.77. The van der Waals surface area contributed by atoms with Crippen LogP contribution in [0, 0.1) is 11.8 Å². The fourth-order valence-electron chi connectivity index (χ4n) is 3.03. The van der Waals surface area contributed by atoms with Crippen molar-refractivity contribution in [2.75, 3.05) is 31.1 Å². The largest absolute Gasteiger partial charge is 0.491 e. The quantitative estimate of drug-likeness (QED) is 0.811. The molecular formula is C15H22F2N4O. The zero-order valence-corrected chi connectivity index (χ0v) is 12.7. The smallest absolute Gasteiger partial charge is 0.225 e. The number of rotatable bonds is 7. The molecule has 0 radical (unpaired) electrons. The summed E-state index contributed by atoms with van der Waals surface area (Å²) in [5.74, 6) is 2.05. The Labute approximate surface area is 128 Å². The molecule has 0 unspecified atom stereocenters. The number of ether oxygens (including phenoxy) is 1. The third kappa shape index (κ3) is 3.23. The van der Waals surface area contributed by atoms with E-state index in [1.165, 1.54) is 0 Å². The van der Waals surface area contributed by atoms with Crippen molar-refractivity contribution >= 4 is 11.8 Å². The van der Waals surface area contributed by atoms with Gasteiger partial charge in [-0.3, -0.25) is 8.78 Å². The zero-order valence-electron chi connectivity index (χ0n) is 12.7. The minimum atomic E-state index is -0.261. The molecule has 122 valence electrons. The SMILES string of the molecule is COc1cnc(NC2CC(CF)C2)nc1NC1CC(CF)C1. The van der Waals surface area contributed by atoms with E-state index in [0.717, 1.165) is 25.7 Å². The summed E-state index contributed by atoms with van der Waals surface area (Å²) < 4.78 is 30.2. The molecule has 0 amide bonds. The third-order valence-electron chi connectivity index (χ3n) is 4.56. The van der Waals surface area contributed by atoms with E-state index in [-0.39, 0.29) is 37.3 Å². The van der Waals surface area contributed by atoms with Crippen molar-refractivity contribution in [2.24, 2.45) is 11.8 Å². The summed E-state index contributed by atoms with van der Waals surface area (Å²) in [5.41, 5.74) is 0. The predicted molar refractivity (Wildman–Crippen MR) is 80.8 cm³/mol. The van der Waals surface area contributed by atoms with E-state index in [2.05, 4.69) is 20.6 Å². The van der Waals surface area contributed by atoms with Crippen molar-refractivity contribution in [3.05, 3.63) is 6.20 Å². The van der Waals surface area contributed by atoms with Gasteiger partial charge in [0.15, 0.2) is 11.6 Å². The van der Waals surface area contributed by atoms with Crippen molar-refractivity contribution in [2.45, 2.75) is 37.8 Å². The van der Waals surface area contributed by atoms with Gasteiger partial charge in [0.2, 0.25) is 5.95 Å². The highest BCUT2D eigenvalue weighted by molar-refractivity contribution is 5.53. The van der Waals surface area contributed by atoms with Crippen molar-refractivity contribution in [3.63, 3.8) is 0 Å². The number of alkyl halides is 2. The van der Waals surface area contributed by atoms with E-state index in [0.29, 0.717) is 17.5 Å². The summed E-state index contributed by atoms with van der Waals surface area (Å²) in [6.07, 6.45) is 4.87. The van der Waals surface area contributed by atoms with E-state index in [1.807, 2.05) is 0 Å². The van der Waals surface area contributed by atoms with Gasteiger partial charge in [-0.15, -0.1) is 0 Å². The summed E-state index contributed by atoms with van der Waals surface area (Å²) in [4.78, 5) is 8.67. The van der Waals surface area contributed by atoms with E-state index in [4.69, 9.17) is 4.74 Å². The lowest BCUT2D eigenvalue weighted by molar-refractivity contribution is 0.220. The Morgan fingerprint density at radius 1 is 1.09 bits per heavy atom. The molecule has 3 rings (SSSR count). The monoisotopic (exact) mass is 312 g/mol. The third-order valence-corrected chi connectivity index (χ3v) is 4.56. The summed E-state index contributed by atoms with van der Waals surface area (Å²) in [6, 6.07) is 0.471. The molecule has 2 saturated carbocycles. The number of hydrogen-bond acceptors (Lipinski definition) is 5. The van der Waals surface area contributed by atoms with Crippen LogP contribution in [0.1, 0.15) is 25.7 Å². The van der Waals surface area contributed by atoms with Crippen LogP contribution in [-0.4, -0.2) is 42.5 Å². The molecular weight excluding hydrogens is 290 g/mol. The van der Waals surface area contributed by atoms with Crippen molar-refractivity contribution in [1.82, 2.24) is 9.97 Å². The number of nitrogens with one attached hydrogen (secondary N) is 2. The number of nitrogens with zero attached hydrogens (tertiary/aromatic N) is 2. The molecule has 0 saturated heterocycles. The average molecular weight is 312 g/mol. The van der Waals surface area contributed by atoms with Gasteiger partial charge in [-0.2, -0.15) is 4.98 Å². The number of methoxy groups -OCH3 is 1. The minimum Gasteiger partial charge on any atom is -0.491 e. The highest BCUT2D eigenvalue weighted by atomic mass is 19.1. The molecule has 1 heterocycles. The summed E-state index contributed by atoms with van der Waals surface area (Å²) in [7, 11) is 1.57. The van der Waals surface area contributed by atoms with Crippen LogP contribution in [-0.2, 0) is 0 Å². The number of hydrogen-bond donors (Lipinski definition) is 2. The summed E-state index contributed by atoms with van der Waals surface area (Å²) >= 11 is 0. The fraction of sp³-hybridized carbons (Fsp3) is 0.733. The molecule has 7 heteroatoms. The first-order chi connectivity index (χ1) is 10.7. The van der Waals surface area contributed by atoms with Gasteiger partial charge in [-0.25, -0.2) is 4.98 Å². The molecule has 2 N–H and O–H groups in total. The highest BCUT2D eigenvalue weighted by Crippen LogP contribution is 2.34. The van der Waals surface area contributed by atoms with Crippen LogP contribution in [0.4, 0.5) is 20.5 Å². The van der Waals surface area contributed by atoms with Crippen LogP contribution in [0.25, 0.3) is 0 Å². The van der Waals surface area contributed by atoms with Crippen LogP contribution in [0.5, 0.6) is 5.75 Å². The maximum atomic E-state index is 12.5. The second kappa shape index (κ2) is 6.62. The second-order valence-electron chi connectivity index (χ2n) is 6.28. The molecule has 2 fully saturated rings. The average Bonchev–Trinajstić information content (AvgIpc) is 2.45. The van der Waals surface area contributed by atoms with Crippen LogP contribution >= 0.6 is 0 Å². The minimum absolute atomic E-state index is 0.163. The Bertz CT molecular complexity index is 504. The number of anilines is 2. The lowest BCUT2D eigenvalue weighted by Gasteiger charge is -2.35. The van der Waals surface area contributed by atoms with Crippen LogP contribution in [0.3, 0.4) is 0 Å². The molecule has 1 aromatic rings. The van der Waals surface area contributed by atoms with E-state index in [9.17, 15) is 8.78 Å². The second-order valence-corrected chi connectivity index (χ2v) is 6.28. The maximum Gasteiger partial charge on any atom is 0.225 e. The van der Waals surface area contributed by atoms with Gasteiger partial charge < -0.3 is 15.4 Å².